The molecule has 0 aromatic carbocycles. The van der Waals surface area contributed by atoms with Crippen LogP contribution in [0.2, 0.25) is 0 Å². The molecule has 0 radical (unpaired) electrons. The smallest absolute Gasteiger partial charge is 0.0897 e. The molecule has 0 aliphatic heterocycles. The largest absolute Gasteiger partial charge is 0.314 e. The molecule has 0 spiro atoms. The van der Waals surface area contributed by atoms with E-state index in [1.165, 1.54) is 30.0 Å². The van der Waals surface area contributed by atoms with Gasteiger partial charge >= 0.3 is 0 Å². The van der Waals surface area contributed by atoms with Crippen LogP contribution in [-0.4, -0.2) is 17.6 Å². The van der Waals surface area contributed by atoms with E-state index < -0.39 is 0 Å². The summed E-state index contributed by atoms with van der Waals surface area (Å²) in [6, 6.07) is 0.658. The van der Waals surface area contributed by atoms with Crippen LogP contribution in [0, 0.1) is 12.8 Å². The predicted octanol–water partition coefficient (Wildman–Crippen LogP) is 2.77. The third-order valence-corrected chi connectivity index (χ3v) is 4.10. The van der Waals surface area contributed by atoms with Crippen LogP contribution < -0.4 is 5.32 Å². The zero-order valence-electron chi connectivity index (χ0n) is 9.62. The predicted molar refractivity (Wildman–Crippen MR) is 65.4 cm³/mol. The summed E-state index contributed by atoms with van der Waals surface area (Å²) in [4.78, 5) is 4.55. The van der Waals surface area contributed by atoms with Gasteiger partial charge < -0.3 is 5.32 Å². The fraction of sp³-hybridized carbons (Fsp3) is 0.750. The SMILES string of the molecule is CCNC(Cc1csc(C)n1)C1CCC1. The van der Waals surface area contributed by atoms with Crippen molar-refractivity contribution in [1.29, 1.82) is 0 Å². The lowest BCUT2D eigenvalue weighted by molar-refractivity contribution is 0.229. The lowest BCUT2D eigenvalue weighted by Gasteiger charge is -2.34. The third-order valence-electron chi connectivity index (χ3n) is 3.28. The zero-order chi connectivity index (χ0) is 10.7. The van der Waals surface area contributed by atoms with Crippen LogP contribution in [0.25, 0.3) is 0 Å². The zero-order valence-corrected chi connectivity index (χ0v) is 10.4. The quantitative estimate of drug-likeness (QED) is 0.832. The molecule has 1 saturated carbocycles. The molecule has 1 unspecified atom stereocenters. The van der Waals surface area contributed by atoms with Gasteiger partial charge in [0.2, 0.25) is 0 Å². The lowest BCUT2D eigenvalue weighted by Crippen LogP contribution is -2.41. The van der Waals surface area contributed by atoms with Crippen LogP contribution >= 0.6 is 11.3 Å². The van der Waals surface area contributed by atoms with Gasteiger partial charge in [-0.05, 0) is 32.2 Å². The highest BCUT2D eigenvalue weighted by atomic mass is 32.1. The Morgan fingerprint density at radius 2 is 2.40 bits per heavy atom. The van der Waals surface area contributed by atoms with E-state index in [0.717, 1.165) is 18.9 Å². The molecule has 1 fully saturated rings. The molecule has 84 valence electrons. The Kier molecular flexibility index (Phi) is 3.76. The molecule has 1 heterocycles. The molecule has 0 bridgehead atoms. The van der Waals surface area contributed by atoms with Crippen LogP contribution in [0.5, 0.6) is 0 Å². The van der Waals surface area contributed by atoms with Gasteiger partial charge in [-0.3, -0.25) is 0 Å². The Morgan fingerprint density at radius 1 is 1.60 bits per heavy atom. The first kappa shape index (κ1) is 11.1. The van der Waals surface area contributed by atoms with Gasteiger partial charge in [0.15, 0.2) is 0 Å². The summed E-state index contributed by atoms with van der Waals surface area (Å²) in [7, 11) is 0. The first-order chi connectivity index (χ1) is 7.29. The summed E-state index contributed by atoms with van der Waals surface area (Å²) in [5.41, 5.74) is 1.27. The fourth-order valence-electron chi connectivity index (χ4n) is 2.24. The van der Waals surface area contributed by atoms with Crippen LogP contribution in [0.1, 0.15) is 36.9 Å². The molecule has 1 aliphatic rings. The molecule has 1 aromatic heterocycles. The molecule has 2 nitrogen and oxygen atoms in total. The third kappa shape index (κ3) is 2.79. The normalized spacial score (nSPS) is 18.8. The average Bonchev–Trinajstić information content (AvgIpc) is 2.48. The fourth-order valence-corrected chi connectivity index (χ4v) is 2.86. The van der Waals surface area contributed by atoms with Gasteiger partial charge in [-0.25, -0.2) is 4.98 Å². The summed E-state index contributed by atoms with van der Waals surface area (Å²) in [5.74, 6) is 0.895. The molecule has 2 rings (SSSR count). The molecule has 1 aliphatic carbocycles. The highest BCUT2D eigenvalue weighted by molar-refractivity contribution is 7.09. The van der Waals surface area contributed by atoms with Crippen LogP contribution in [0.4, 0.5) is 0 Å². The Labute approximate surface area is 96.1 Å². The van der Waals surface area contributed by atoms with E-state index in [4.69, 9.17) is 0 Å². The summed E-state index contributed by atoms with van der Waals surface area (Å²) in [6.45, 7) is 5.35. The Morgan fingerprint density at radius 3 is 2.87 bits per heavy atom. The standard InChI is InChI=1S/C12H20N2S/c1-3-13-12(10-5-4-6-10)7-11-8-15-9(2)14-11/h8,10,12-13H,3-7H2,1-2H3. The minimum atomic E-state index is 0.658. The van der Waals surface area contributed by atoms with Gasteiger partial charge in [-0.15, -0.1) is 11.3 Å². The van der Waals surface area contributed by atoms with E-state index in [2.05, 4.69) is 29.5 Å². The molecule has 1 N–H and O–H groups in total. The highest BCUT2D eigenvalue weighted by Gasteiger charge is 2.27. The van der Waals surface area contributed by atoms with Crippen LogP contribution in [-0.2, 0) is 6.42 Å². The average molecular weight is 224 g/mol. The minimum absolute atomic E-state index is 0.658. The van der Waals surface area contributed by atoms with Crippen molar-refractivity contribution in [3.8, 4) is 0 Å². The highest BCUT2D eigenvalue weighted by Crippen LogP contribution is 2.31. The van der Waals surface area contributed by atoms with Crippen LogP contribution in [0.15, 0.2) is 5.38 Å². The Balaban J connectivity index is 1.93. The topological polar surface area (TPSA) is 24.9 Å². The second-order valence-corrected chi connectivity index (χ2v) is 5.48. The van der Waals surface area contributed by atoms with E-state index in [1.807, 2.05) is 0 Å². The summed E-state index contributed by atoms with van der Waals surface area (Å²) in [5, 5.41) is 7.00. The van der Waals surface area contributed by atoms with Crippen molar-refractivity contribution in [2.45, 2.75) is 45.6 Å². The monoisotopic (exact) mass is 224 g/mol. The van der Waals surface area contributed by atoms with Gasteiger partial charge in [0.25, 0.3) is 0 Å². The number of thiazole rings is 1. The number of aryl methyl sites for hydroxylation is 1. The number of hydrogen-bond acceptors (Lipinski definition) is 3. The van der Waals surface area contributed by atoms with Crippen molar-refractivity contribution in [3.05, 3.63) is 16.1 Å². The van der Waals surface area contributed by atoms with E-state index in [1.54, 1.807) is 11.3 Å². The van der Waals surface area contributed by atoms with E-state index in [9.17, 15) is 0 Å². The number of hydrogen-bond donors (Lipinski definition) is 1. The second-order valence-electron chi connectivity index (χ2n) is 4.42. The molecular formula is C12H20N2S. The molecule has 1 aromatic rings. The van der Waals surface area contributed by atoms with Gasteiger partial charge in [0, 0.05) is 17.8 Å². The molecule has 15 heavy (non-hydrogen) atoms. The van der Waals surface area contributed by atoms with Crippen molar-refractivity contribution in [2.24, 2.45) is 5.92 Å². The maximum absolute atomic E-state index is 4.55. The number of rotatable bonds is 5. The first-order valence-corrected chi connectivity index (χ1v) is 6.82. The summed E-state index contributed by atoms with van der Waals surface area (Å²) >= 11 is 1.76. The van der Waals surface area contributed by atoms with Crippen molar-refractivity contribution in [1.82, 2.24) is 10.3 Å². The molecule has 1 atom stereocenters. The molecule has 0 amide bonds. The summed E-state index contributed by atoms with van der Waals surface area (Å²) < 4.78 is 0. The first-order valence-electron chi connectivity index (χ1n) is 5.94. The van der Waals surface area contributed by atoms with E-state index >= 15 is 0 Å². The molecular weight excluding hydrogens is 204 g/mol. The van der Waals surface area contributed by atoms with Crippen LogP contribution in [0.3, 0.4) is 0 Å². The maximum Gasteiger partial charge on any atom is 0.0897 e. The van der Waals surface area contributed by atoms with Crippen molar-refractivity contribution < 1.29 is 0 Å². The minimum Gasteiger partial charge on any atom is -0.314 e. The number of nitrogens with one attached hydrogen (secondary N) is 1. The summed E-state index contributed by atoms with van der Waals surface area (Å²) in [6.07, 6.45) is 5.34. The van der Waals surface area contributed by atoms with E-state index in [0.29, 0.717) is 6.04 Å². The van der Waals surface area contributed by atoms with Gasteiger partial charge in [-0.2, -0.15) is 0 Å². The Bertz CT molecular complexity index is 304. The van der Waals surface area contributed by atoms with Crippen molar-refractivity contribution in [3.63, 3.8) is 0 Å². The second kappa shape index (κ2) is 5.08. The maximum atomic E-state index is 4.55. The molecule has 3 heteroatoms. The van der Waals surface area contributed by atoms with Crippen molar-refractivity contribution >= 4 is 11.3 Å². The Hall–Kier alpha value is -0.410. The number of nitrogens with zero attached hydrogens (tertiary/aromatic N) is 1. The van der Waals surface area contributed by atoms with Gasteiger partial charge in [0.1, 0.15) is 0 Å². The van der Waals surface area contributed by atoms with Crippen molar-refractivity contribution in [2.75, 3.05) is 6.54 Å². The van der Waals surface area contributed by atoms with E-state index in [-0.39, 0.29) is 0 Å². The number of aromatic nitrogens is 1. The number of likely N-dealkylation sites (N-methyl/N-ethyl adjacent to an activating group) is 1. The van der Waals surface area contributed by atoms with Gasteiger partial charge in [0.05, 0.1) is 10.7 Å². The van der Waals surface area contributed by atoms with Gasteiger partial charge in [-0.1, -0.05) is 13.3 Å². The molecule has 0 saturated heterocycles. The lowest BCUT2D eigenvalue weighted by atomic mass is 9.78.